The van der Waals surface area contributed by atoms with E-state index < -0.39 is 0 Å². The minimum absolute atomic E-state index is 0.160. The number of carbonyl (C=O) groups excluding carboxylic acids is 1. The highest BCUT2D eigenvalue weighted by molar-refractivity contribution is 6.00. The van der Waals surface area contributed by atoms with E-state index in [4.69, 9.17) is 5.73 Å². The average Bonchev–Trinajstić information content (AvgIpc) is 2.99. The van der Waals surface area contributed by atoms with Gasteiger partial charge in [-0.3, -0.25) is 9.79 Å². The number of nitrogens with zero attached hydrogens (tertiary/aromatic N) is 3. The third-order valence-corrected chi connectivity index (χ3v) is 4.48. The first-order valence-corrected chi connectivity index (χ1v) is 8.87. The van der Waals surface area contributed by atoms with Gasteiger partial charge >= 0.3 is 0 Å². The number of anilines is 1. The summed E-state index contributed by atoms with van der Waals surface area (Å²) in [6.45, 7) is 6.43. The van der Waals surface area contributed by atoms with E-state index in [0.29, 0.717) is 0 Å². The van der Waals surface area contributed by atoms with E-state index in [-0.39, 0.29) is 12.5 Å². The van der Waals surface area contributed by atoms with Crippen LogP contribution < -0.4 is 10.6 Å². The zero-order valence-corrected chi connectivity index (χ0v) is 15.2. The first kappa shape index (κ1) is 17.7. The molecule has 0 unspecified atom stereocenters. The zero-order valence-electron chi connectivity index (χ0n) is 15.2. The quantitative estimate of drug-likeness (QED) is 0.661. The molecule has 0 saturated heterocycles. The number of primary amides is 1. The highest BCUT2D eigenvalue weighted by Gasteiger charge is 2.08. The van der Waals surface area contributed by atoms with Crippen LogP contribution >= 0.6 is 0 Å². The van der Waals surface area contributed by atoms with Crippen molar-refractivity contribution in [3.8, 4) is 0 Å². The Labute approximate surface area is 153 Å². The smallest absolute Gasteiger partial charge is 0.237 e. The van der Waals surface area contributed by atoms with Crippen molar-refractivity contribution >= 4 is 34.4 Å². The van der Waals surface area contributed by atoms with Crippen molar-refractivity contribution in [2.45, 2.75) is 20.4 Å². The van der Waals surface area contributed by atoms with Gasteiger partial charge in [-0.2, -0.15) is 0 Å². The van der Waals surface area contributed by atoms with Crippen molar-refractivity contribution in [2.75, 3.05) is 18.0 Å². The molecule has 0 aliphatic heterocycles. The fraction of sp³-hybridized carbons (Fsp3) is 0.238. The number of aromatic nitrogens is 1. The number of hydrogen-bond acceptors (Lipinski definition) is 3. The Morgan fingerprint density at radius 1 is 1.12 bits per heavy atom. The second-order valence-corrected chi connectivity index (χ2v) is 6.14. The number of nitrogens with two attached hydrogens (primary N) is 1. The molecule has 5 nitrogen and oxygen atoms in total. The molecule has 0 aliphatic carbocycles. The number of aliphatic imine (C=N–C) groups is 1. The van der Waals surface area contributed by atoms with Crippen LogP contribution in [-0.4, -0.2) is 29.8 Å². The minimum atomic E-state index is -0.360. The highest BCUT2D eigenvalue weighted by atomic mass is 16.1. The Balaban J connectivity index is 1.87. The lowest BCUT2D eigenvalue weighted by Crippen LogP contribution is -2.21. The monoisotopic (exact) mass is 348 g/mol. The van der Waals surface area contributed by atoms with Crippen molar-refractivity contribution in [3.63, 3.8) is 0 Å². The van der Waals surface area contributed by atoms with Crippen molar-refractivity contribution in [3.05, 3.63) is 60.3 Å². The van der Waals surface area contributed by atoms with Crippen LogP contribution in [0.1, 0.15) is 19.4 Å². The number of carbonyl (C=O) groups is 1. The molecule has 1 aromatic heterocycles. The fourth-order valence-corrected chi connectivity index (χ4v) is 3.16. The summed E-state index contributed by atoms with van der Waals surface area (Å²) in [4.78, 5) is 18.2. The molecule has 1 amide bonds. The molecule has 0 spiro atoms. The van der Waals surface area contributed by atoms with Crippen LogP contribution in [0.15, 0.2) is 59.7 Å². The fourth-order valence-electron chi connectivity index (χ4n) is 3.16. The lowest BCUT2D eigenvalue weighted by Gasteiger charge is -2.20. The molecule has 0 aliphatic rings. The molecule has 1 heterocycles. The van der Waals surface area contributed by atoms with Crippen LogP contribution in [0.5, 0.6) is 0 Å². The molecule has 3 rings (SSSR count). The van der Waals surface area contributed by atoms with Crippen LogP contribution in [0.25, 0.3) is 10.9 Å². The van der Waals surface area contributed by atoms with Gasteiger partial charge < -0.3 is 15.2 Å². The summed E-state index contributed by atoms with van der Waals surface area (Å²) < 4.78 is 1.86. The SMILES string of the molecule is CCN(CC)c1ccc(N=Cc2cn(CC(N)=O)c3ccccc23)cc1. The summed E-state index contributed by atoms with van der Waals surface area (Å²) in [6.07, 6.45) is 3.76. The van der Waals surface area contributed by atoms with E-state index in [9.17, 15) is 4.79 Å². The lowest BCUT2D eigenvalue weighted by atomic mass is 10.2. The molecule has 2 aromatic carbocycles. The van der Waals surface area contributed by atoms with Gasteiger partial charge in [0, 0.05) is 47.7 Å². The predicted octanol–water partition coefficient (Wildman–Crippen LogP) is 3.72. The zero-order chi connectivity index (χ0) is 18.5. The van der Waals surface area contributed by atoms with Crippen molar-refractivity contribution in [1.29, 1.82) is 0 Å². The van der Waals surface area contributed by atoms with Crippen molar-refractivity contribution in [2.24, 2.45) is 10.7 Å². The molecule has 2 N–H and O–H groups in total. The van der Waals surface area contributed by atoms with E-state index in [1.165, 1.54) is 5.69 Å². The van der Waals surface area contributed by atoms with E-state index >= 15 is 0 Å². The maximum Gasteiger partial charge on any atom is 0.237 e. The van der Waals surface area contributed by atoms with Gasteiger partial charge in [0.05, 0.1) is 5.69 Å². The molecule has 0 radical (unpaired) electrons. The number of fused-ring (bicyclic) bond motifs is 1. The first-order valence-electron chi connectivity index (χ1n) is 8.87. The van der Waals surface area contributed by atoms with Crippen LogP contribution in [0.4, 0.5) is 11.4 Å². The van der Waals surface area contributed by atoms with Crippen molar-refractivity contribution < 1.29 is 4.79 Å². The maximum absolute atomic E-state index is 11.3. The van der Waals surface area contributed by atoms with E-state index in [1.807, 2.05) is 53.4 Å². The Morgan fingerprint density at radius 2 is 1.81 bits per heavy atom. The average molecular weight is 348 g/mol. The Bertz CT molecular complexity index is 921. The van der Waals surface area contributed by atoms with Gasteiger partial charge in [0.2, 0.25) is 5.91 Å². The van der Waals surface area contributed by atoms with Crippen LogP contribution in [0.3, 0.4) is 0 Å². The van der Waals surface area contributed by atoms with Gasteiger partial charge in [-0.15, -0.1) is 0 Å². The van der Waals surface area contributed by atoms with Crippen LogP contribution in [0, 0.1) is 0 Å². The molecule has 0 saturated carbocycles. The van der Waals surface area contributed by atoms with E-state index in [1.54, 1.807) is 0 Å². The largest absolute Gasteiger partial charge is 0.372 e. The summed E-state index contributed by atoms with van der Waals surface area (Å²) in [5.74, 6) is -0.360. The normalized spacial score (nSPS) is 11.3. The molecule has 26 heavy (non-hydrogen) atoms. The summed E-state index contributed by atoms with van der Waals surface area (Å²) in [5.41, 5.74) is 9.39. The number of amides is 1. The Morgan fingerprint density at radius 3 is 2.46 bits per heavy atom. The number of hydrogen-bond donors (Lipinski definition) is 1. The van der Waals surface area contributed by atoms with Crippen LogP contribution in [0.2, 0.25) is 0 Å². The second-order valence-electron chi connectivity index (χ2n) is 6.14. The standard InChI is InChI=1S/C21H24N4O/c1-3-24(4-2)18-11-9-17(10-12-18)23-13-16-14-25(15-21(22)26)20-8-6-5-7-19(16)20/h5-14H,3-4,15H2,1-2H3,(H2,22,26). The summed E-state index contributed by atoms with van der Waals surface area (Å²) in [6, 6.07) is 16.2. The summed E-state index contributed by atoms with van der Waals surface area (Å²) in [7, 11) is 0. The van der Waals surface area contributed by atoms with Gasteiger partial charge in [-0.25, -0.2) is 0 Å². The summed E-state index contributed by atoms with van der Waals surface area (Å²) >= 11 is 0. The third kappa shape index (κ3) is 3.77. The summed E-state index contributed by atoms with van der Waals surface area (Å²) in [5, 5.41) is 1.05. The van der Waals surface area contributed by atoms with Gasteiger partial charge in [0.15, 0.2) is 0 Å². The minimum Gasteiger partial charge on any atom is -0.372 e. The predicted molar refractivity (Wildman–Crippen MR) is 108 cm³/mol. The molecule has 0 bridgehead atoms. The Hall–Kier alpha value is -3.08. The lowest BCUT2D eigenvalue weighted by molar-refractivity contribution is -0.118. The van der Waals surface area contributed by atoms with E-state index in [2.05, 4.69) is 35.9 Å². The molecule has 3 aromatic rings. The van der Waals surface area contributed by atoms with Gasteiger partial charge in [0.25, 0.3) is 0 Å². The number of para-hydroxylation sites is 1. The van der Waals surface area contributed by atoms with Gasteiger partial charge in [-0.1, -0.05) is 18.2 Å². The molecule has 134 valence electrons. The highest BCUT2D eigenvalue weighted by Crippen LogP contribution is 2.22. The number of rotatable bonds is 7. The molecule has 5 heteroatoms. The third-order valence-electron chi connectivity index (χ3n) is 4.48. The van der Waals surface area contributed by atoms with Crippen molar-refractivity contribution in [1.82, 2.24) is 4.57 Å². The first-order chi connectivity index (χ1) is 12.6. The maximum atomic E-state index is 11.3. The topological polar surface area (TPSA) is 63.6 Å². The van der Waals surface area contributed by atoms with Gasteiger partial charge in [0.1, 0.15) is 6.54 Å². The molecular weight excluding hydrogens is 324 g/mol. The van der Waals surface area contributed by atoms with E-state index in [0.717, 1.165) is 35.2 Å². The van der Waals surface area contributed by atoms with Gasteiger partial charge in [-0.05, 0) is 44.2 Å². The second kappa shape index (κ2) is 7.87. The molecule has 0 atom stereocenters. The molecular formula is C21H24N4O. The number of benzene rings is 2. The molecule has 0 fully saturated rings. The Kier molecular flexibility index (Phi) is 5.37. The van der Waals surface area contributed by atoms with Crippen LogP contribution in [-0.2, 0) is 11.3 Å².